The van der Waals surface area contributed by atoms with E-state index < -0.39 is 17.8 Å². The van der Waals surface area contributed by atoms with E-state index in [-0.39, 0.29) is 22.5 Å². The Morgan fingerprint density at radius 2 is 2.00 bits per heavy atom. The molecule has 3 heterocycles. The van der Waals surface area contributed by atoms with Crippen molar-refractivity contribution in [3.8, 4) is 11.6 Å². The van der Waals surface area contributed by atoms with E-state index in [1.54, 1.807) is 6.92 Å². The largest absolute Gasteiger partial charge is 0.422 e. The Kier molecular flexibility index (Phi) is 4.42. The number of fused-ring (bicyclic) bond motifs is 1. The van der Waals surface area contributed by atoms with Gasteiger partial charge in [-0.25, -0.2) is 9.67 Å². The van der Waals surface area contributed by atoms with Crippen LogP contribution in [0.5, 0.6) is 0 Å². The molecular formula is C20H17F3N6O2. The average molecular weight is 430 g/mol. The standard InChI is InChI=1S/C20H17F3N6O2/c1-10(12-4-6-13(7-5-12)20(21,22)23)29-17-15(16(28-29)19-27-24-9-31-19)18(30)26-14(25-17)8-11-2-3-11/h4-7,9-11H,2-3,8H2,1H3,(H,25,26,30)/t10-/m1/s1. The van der Waals surface area contributed by atoms with Crippen molar-refractivity contribution in [2.24, 2.45) is 5.92 Å². The van der Waals surface area contributed by atoms with Crippen molar-refractivity contribution in [1.29, 1.82) is 0 Å². The molecular weight excluding hydrogens is 413 g/mol. The number of nitrogens with zero attached hydrogens (tertiary/aromatic N) is 5. The molecule has 1 N–H and O–H groups in total. The number of H-pyrrole nitrogens is 1. The quantitative estimate of drug-likeness (QED) is 0.517. The van der Waals surface area contributed by atoms with E-state index in [2.05, 4.69) is 25.3 Å². The molecule has 1 atom stereocenters. The second-order valence-electron chi connectivity index (χ2n) is 7.69. The van der Waals surface area contributed by atoms with Gasteiger partial charge in [0.05, 0.1) is 11.6 Å². The van der Waals surface area contributed by atoms with Crippen LogP contribution < -0.4 is 5.56 Å². The molecule has 0 amide bonds. The molecule has 1 saturated carbocycles. The normalized spacial score (nSPS) is 15.5. The SMILES string of the molecule is C[C@H](c1ccc(C(F)(F)F)cc1)n1nc(-c2nnco2)c2c(=O)[nH]c(CC3CC3)nc21. The molecule has 31 heavy (non-hydrogen) atoms. The molecule has 0 bridgehead atoms. The number of nitrogens with one attached hydrogen (secondary N) is 1. The fourth-order valence-corrected chi connectivity index (χ4v) is 3.57. The molecule has 1 aliphatic carbocycles. The number of alkyl halides is 3. The van der Waals surface area contributed by atoms with Gasteiger partial charge in [-0.2, -0.15) is 18.3 Å². The van der Waals surface area contributed by atoms with Crippen molar-refractivity contribution in [3.05, 3.63) is 58.0 Å². The summed E-state index contributed by atoms with van der Waals surface area (Å²) in [6, 6.07) is 4.34. The van der Waals surface area contributed by atoms with Crippen molar-refractivity contribution in [2.45, 2.75) is 38.4 Å². The van der Waals surface area contributed by atoms with E-state index in [0.717, 1.165) is 31.4 Å². The van der Waals surface area contributed by atoms with Gasteiger partial charge in [-0.1, -0.05) is 12.1 Å². The first-order valence-electron chi connectivity index (χ1n) is 9.76. The number of hydrogen-bond acceptors (Lipinski definition) is 6. The van der Waals surface area contributed by atoms with Crippen molar-refractivity contribution in [2.75, 3.05) is 0 Å². The van der Waals surface area contributed by atoms with E-state index in [0.29, 0.717) is 29.4 Å². The molecule has 0 aliphatic heterocycles. The van der Waals surface area contributed by atoms with Crippen molar-refractivity contribution < 1.29 is 17.6 Å². The van der Waals surface area contributed by atoms with Crippen LogP contribution in [-0.2, 0) is 12.6 Å². The molecule has 4 aromatic rings. The third kappa shape index (κ3) is 3.60. The average Bonchev–Trinajstić information content (AvgIpc) is 3.23. The lowest BCUT2D eigenvalue weighted by atomic mass is 10.1. The lowest BCUT2D eigenvalue weighted by Crippen LogP contribution is -2.15. The van der Waals surface area contributed by atoms with Crippen molar-refractivity contribution >= 4 is 11.0 Å². The molecule has 5 rings (SSSR count). The van der Waals surface area contributed by atoms with Crippen LogP contribution in [0.25, 0.3) is 22.6 Å². The van der Waals surface area contributed by atoms with Gasteiger partial charge in [-0.15, -0.1) is 10.2 Å². The highest BCUT2D eigenvalue weighted by molar-refractivity contribution is 5.88. The zero-order valence-electron chi connectivity index (χ0n) is 16.3. The van der Waals surface area contributed by atoms with Crippen molar-refractivity contribution in [3.63, 3.8) is 0 Å². The number of aromatic amines is 1. The second kappa shape index (κ2) is 7.03. The molecule has 1 aliphatic rings. The summed E-state index contributed by atoms with van der Waals surface area (Å²) >= 11 is 0. The monoisotopic (exact) mass is 430 g/mol. The zero-order chi connectivity index (χ0) is 21.8. The number of aromatic nitrogens is 6. The summed E-state index contributed by atoms with van der Waals surface area (Å²) in [5.74, 6) is 1.11. The molecule has 0 radical (unpaired) electrons. The summed E-state index contributed by atoms with van der Waals surface area (Å²) in [6.45, 7) is 1.77. The topological polar surface area (TPSA) is 102 Å². The zero-order valence-corrected chi connectivity index (χ0v) is 16.3. The van der Waals surface area contributed by atoms with Crippen LogP contribution in [0, 0.1) is 5.92 Å². The Morgan fingerprint density at radius 3 is 2.61 bits per heavy atom. The third-order valence-electron chi connectivity index (χ3n) is 5.44. The molecule has 0 spiro atoms. The van der Waals surface area contributed by atoms with E-state index in [4.69, 9.17) is 4.42 Å². The van der Waals surface area contributed by atoms with E-state index in [1.807, 2.05) is 0 Å². The summed E-state index contributed by atoms with van der Waals surface area (Å²) in [7, 11) is 0. The predicted molar refractivity (Wildman–Crippen MR) is 103 cm³/mol. The van der Waals surface area contributed by atoms with E-state index >= 15 is 0 Å². The molecule has 0 unspecified atom stereocenters. The van der Waals surface area contributed by atoms with Crippen molar-refractivity contribution in [1.82, 2.24) is 29.9 Å². The Bertz CT molecular complexity index is 1290. The first kappa shape index (κ1) is 19.5. The summed E-state index contributed by atoms with van der Waals surface area (Å²) in [4.78, 5) is 20.3. The van der Waals surface area contributed by atoms with E-state index in [9.17, 15) is 18.0 Å². The Hall–Kier alpha value is -3.50. The maximum atomic E-state index is 12.9. The van der Waals surface area contributed by atoms with Gasteiger partial charge in [0, 0.05) is 6.42 Å². The van der Waals surface area contributed by atoms with Crippen LogP contribution in [0.3, 0.4) is 0 Å². The molecule has 1 aromatic carbocycles. The summed E-state index contributed by atoms with van der Waals surface area (Å²) in [5.41, 5.74) is -0.0281. The van der Waals surface area contributed by atoms with Crippen LogP contribution in [0.4, 0.5) is 13.2 Å². The van der Waals surface area contributed by atoms with Gasteiger partial charge >= 0.3 is 6.18 Å². The fourth-order valence-electron chi connectivity index (χ4n) is 3.57. The number of halogens is 3. The lowest BCUT2D eigenvalue weighted by molar-refractivity contribution is -0.137. The third-order valence-corrected chi connectivity index (χ3v) is 5.44. The minimum Gasteiger partial charge on any atom is -0.422 e. The number of benzene rings is 1. The highest BCUT2D eigenvalue weighted by Gasteiger charge is 2.31. The molecule has 0 saturated heterocycles. The molecule has 1 fully saturated rings. The maximum absolute atomic E-state index is 12.9. The first-order chi connectivity index (χ1) is 14.8. The van der Waals surface area contributed by atoms with Crippen LogP contribution >= 0.6 is 0 Å². The van der Waals surface area contributed by atoms with Gasteiger partial charge in [-0.3, -0.25) is 4.79 Å². The Labute approximate surface area is 173 Å². The van der Waals surface area contributed by atoms with Crippen LogP contribution in [-0.4, -0.2) is 29.9 Å². The maximum Gasteiger partial charge on any atom is 0.416 e. The van der Waals surface area contributed by atoms with Gasteiger partial charge in [0.1, 0.15) is 11.2 Å². The summed E-state index contributed by atoms with van der Waals surface area (Å²) < 4.78 is 45.5. The predicted octanol–water partition coefficient (Wildman–Crippen LogP) is 3.75. The summed E-state index contributed by atoms with van der Waals surface area (Å²) in [5, 5.41) is 12.2. The fraction of sp³-hybridized carbons (Fsp3) is 0.350. The molecule has 11 heteroatoms. The van der Waals surface area contributed by atoms with E-state index in [1.165, 1.54) is 16.8 Å². The lowest BCUT2D eigenvalue weighted by Gasteiger charge is -2.15. The van der Waals surface area contributed by atoms with Gasteiger partial charge in [0.25, 0.3) is 11.4 Å². The highest BCUT2D eigenvalue weighted by Crippen LogP contribution is 2.33. The minimum atomic E-state index is -4.42. The van der Waals surface area contributed by atoms with Gasteiger partial charge in [-0.05, 0) is 43.4 Å². The Morgan fingerprint density at radius 1 is 1.26 bits per heavy atom. The van der Waals surface area contributed by atoms with Gasteiger partial charge in [0.2, 0.25) is 6.39 Å². The molecule has 160 valence electrons. The smallest absolute Gasteiger partial charge is 0.416 e. The second-order valence-corrected chi connectivity index (χ2v) is 7.69. The highest BCUT2D eigenvalue weighted by atomic mass is 19.4. The molecule has 8 nitrogen and oxygen atoms in total. The first-order valence-corrected chi connectivity index (χ1v) is 9.76. The minimum absolute atomic E-state index is 0.0608. The van der Waals surface area contributed by atoms with Crippen LogP contribution in [0.1, 0.15) is 42.8 Å². The van der Waals surface area contributed by atoms with Gasteiger partial charge < -0.3 is 9.40 Å². The molecule has 3 aromatic heterocycles. The number of rotatable bonds is 5. The summed E-state index contributed by atoms with van der Waals surface area (Å²) in [6.07, 6.45) is -0.451. The van der Waals surface area contributed by atoms with Crippen LogP contribution in [0.15, 0.2) is 39.9 Å². The van der Waals surface area contributed by atoms with Crippen LogP contribution in [0.2, 0.25) is 0 Å². The Balaban J connectivity index is 1.64. The van der Waals surface area contributed by atoms with Gasteiger partial charge in [0.15, 0.2) is 11.3 Å². The number of hydrogen-bond donors (Lipinski definition) is 1.